The van der Waals surface area contributed by atoms with Crippen molar-refractivity contribution in [2.24, 2.45) is 11.8 Å². The van der Waals surface area contributed by atoms with Crippen molar-refractivity contribution >= 4 is 28.6 Å². The van der Waals surface area contributed by atoms with Gasteiger partial charge in [-0.2, -0.15) is 0 Å². The fourth-order valence-electron chi connectivity index (χ4n) is 5.53. The second-order valence-corrected chi connectivity index (χ2v) is 10.2. The highest BCUT2D eigenvalue weighted by molar-refractivity contribution is 5.92. The number of hydrogen-bond acceptors (Lipinski definition) is 8. The predicted octanol–water partition coefficient (Wildman–Crippen LogP) is 4.42. The lowest BCUT2D eigenvalue weighted by Crippen LogP contribution is -2.35. The Kier molecular flexibility index (Phi) is 6.51. The minimum atomic E-state index is -0.518. The molecule has 2 fully saturated rings. The highest BCUT2D eigenvalue weighted by Crippen LogP contribution is 2.45. The van der Waals surface area contributed by atoms with Gasteiger partial charge in [-0.05, 0) is 50.2 Å². The van der Waals surface area contributed by atoms with E-state index in [-0.39, 0.29) is 41.6 Å². The number of piperidine rings is 1. The van der Waals surface area contributed by atoms with Crippen LogP contribution >= 0.6 is 0 Å². The van der Waals surface area contributed by atoms with Crippen molar-refractivity contribution < 1.29 is 28.1 Å². The normalized spacial score (nSPS) is 21.1. The van der Waals surface area contributed by atoms with Gasteiger partial charge >= 0.3 is 0 Å². The van der Waals surface area contributed by atoms with Crippen molar-refractivity contribution in [3.8, 4) is 11.5 Å². The van der Waals surface area contributed by atoms with Crippen molar-refractivity contribution in [3.63, 3.8) is 0 Å². The van der Waals surface area contributed by atoms with Gasteiger partial charge in [0.1, 0.15) is 5.82 Å². The molecule has 39 heavy (non-hydrogen) atoms. The van der Waals surface area contributed by atoms with Crippen molar-refractivity contribution in [1.29, 1.82) is 0 Å². The Balaban J connectivity index is 0.980. The van der Waals surface area contributed by atoms with Crippen LogP contribution < -0.4 is 14.8 Å². The smallest absolute Gasteiger partial charge is 0.280 e. The number of nitro benzene ring substituents is 1. The first kappa shape index (κ1) is 25.1. The first-order valence-electron chi connectivity index (χ1n) is 12.9. The molecule has 6 rings (SSSR count). The van der Waals surface area contributed by atoms with Crippen LogP contribution in [0.25, 0.3) is 17.0 Å². The van der Waals surface area contributed by atoms with E-state index in [4.69, 9.17) is 14.0 Å². The average molecular weight is 535 g/mol. The maximum Gasteiger partial charge on any atom is 0.280 e. The summed E-state index contributed by atoms with van der Waals surface area (Å²) in [6, 6.07) is 7.34. The van der Waals surface area contributed by atoms with E-state index >= 15 is 0 Å². The van der Waals surface area contributed by atoms with Crippen LogP contribution in [0.2, 0.25) is 0 Å². The molecule has 202 valence electrons. The first-order valence-corrected chi connectivity index (χ1v) is 12.9. The van der Waals surface area contributed by atoms with E-state index in [0.717, 1.165) is 49.1 Å². The van der Waals surface area contributed by atoms with Crippen LogP contribution in [0.4, 0.5) is 10.1 Å². The molecular weight excluding hydrogens is 507 g/mol. The largest absolute Gasteiger partial charge is 0.454 e. The molecule has 2 aliphatic heterocycles. The Morgan fingerprint density at radius 1 is 1.21 bits per heavy atom. The molecule has 3 aromatic rings. The molecule has 0 bridgehead atoms. The second kappa shape index (κ2) is 10.1. The highest BCUT2D eigenvalue weighted by Gasteiger charge is 2.43. The molecule has 2 atom stereocenters. The molecule has 1 aromatic heterocycles. The standard InChI is InChI=1S/C28H27FN4O6/c1-16-21(13-30-27(34)5-2-18-10-25-26(38-15-37-25)12-23(18)33(35)36)22(16)14-32-8-6-17(7-9-32)28-20-4-3-19(29)11-24(20)39-31-28/h2-5,10-12,17,21-22H,1,6-9,13-15H2,(H,30,34)/b5-2+/t21-,22-/m0/s1. The Morgan fingerprint density at radius 3 is 2.74 bits per heavy atom. The fourth-order valence-corrected chi connectivity index (χ4v) is 5.53. The molecule has 0 unspecified atom stereocenters. The molecule has 0 spiro atoms. The van der Waals surface area contributed by atoms with Crippen LogP contribution in [0.5, 0.6) is 11.5 Å². The van der Waals surface area contributed by atoms with Gasteiger partial charge in [0.25, 0.3) is 5.69 Å². The number of carbonyl (C=O) groups is 1. The van der Waals surface area contributed by atoms with E-state index in [9.17, 15) is 19.3 Å². The Hall–Kier alpha value is -4.25. The van der Waals surface area contributed by atoms with E-state index < -0.39 is 4.92 Å². The summed E-state index contributed by atoms with van der Waals surface area (Å²) in [7, 11) is 0. The average Bonchev–Trinajstić information content (AvgIpc) is 3.27. The van der Waals surface area contributed by atoms with E-state index in [1.165, 1.54) is 36.4 Å². The van der Waals surface area contributed by atoms with Gasteiger partial charge < -0.3 is 24.2 Å². The summed E-state index contributed by atoms with van der Waals surface area (Å²) in [5.41, 5.74) is 2.61. The van der Waals surface area contributed by atoms with Crippen molar-refractivity contribution in [1.82, 2.24) is 15.4 Å². The molecule has 11 heteroatoms. The minimum absolute atomic E-state index is 0.00564. The summed E-state index contributed by atoms with van der Waals surface area (Å²) in [5, 5.41) is 19.4. The number of aromatic nitrogens is 1. The van der Waals surface area contributed by atoms with Gasteiger partial charge in [0.05, 0.1) is 22.2 Å². The number of carbonyl (C=O) groups excluding carboxylic acids is 1. The number of ether oxygens (including phenoxy) is 2. The summed E-state index contributed by atoms with van der Waals surface area (Å²) in [6.07, 6.45) is 4.58. The second-order valence-electron chi connectivity index (χ2n) is 10.2. The maximum absolute atomic E-state index is 13.5. The van der Waals surface area contributed by atoms with Gasteiger partial charge in [-0.25, -0.2) is 4.39 Å². The number of rotatable bonds is 8. The van der Waals surface area contributed by atoms with Gasteiger partial charge in [-0.3, -0.25) is 14.9 Å². The molecule has 10 nitrogen and oxygen atoms in total. The van der Waals surface area contributed by atoms with Crippen molar-refractivity contribution in [2.75, 3.05) is 33.0 Å². The first-order chi connectivity index (χ1) is 18.9. The lowest BCUT2D eigenvalue weighted by Gasteiger charge is -2.31. The van der Waals surface area contributed by atoms with E-state index in [1.807, 2.05) is 0 Å². The van der Waals surface area contributed by atoms with Crippen LogP contribution in [-0.2, 0) is 4.79 Å². The number of nitrogens with zero attached hydrogens (tertiary/aromatic N) is 3. The summed E-state index contributed by atoms with van der Waals surface area (Å²) >= 11 is 0. The van der Waals surface area contributed by atoms with Crippen LogP contribution in [0.1, 0.15) is 30.0 Å². The molecule has 1 aliphatic carbocycles. The van der Waals surface area contributed by atoms with Gasteiger partial charge in [-0.1, -0.05) is 17.3 Å². The van der Waals surface area contributed by atoms with E-state index in [0.29, 0.717) is 29.5 Å². The number of amides is 1. The summed E-state index contributed by atoms with van der Waals surface area (Å²) < 4.78 is 29.3. The molecule has 2 aromatic carbocycles. The minimum Gasteiger partial charge on any atom is -0.454 e. The number of fused-ring (bicyclic) bond motifs is 2. The van der Waals surface area contributed by atoms with E-state index in [2.05, 4.69) is 22.0 Å². The summed E-state index contributed by atoms with van der Waals surface area (Å²) in [5.74, 6) is 0.852. The van der Waals surface area contributed by atoms with Crippen LogP contribution in [0.15, 0.2) is 53.1 Å². The number of likely N-dealkylation sites (tertiary alicyclic amines) is 1. The van der Waals surface area contributed by atoms with Crippen LogP contribution in [-0.4, -0.2) is 53.9 Å². The zero-order valence-electron chi connectivity index (χ0n) is 21.1. The molecule has 1 saturated heterocycles. The molecular formula is C28H27FN4O6. The van der Waals surface area contributed by atoms with Crippen molar-refractivity contribution in [3.05, 3.63) is 75.7 Å². The van der Waals surface area contributed by atoms with Gasteiger partial charge in [0, 0.05) is 48.4 Å². The maximum atomic E-state index is 13.5. The molecule has 3 aliphatic rings. The van der Waals surface area contributed by atoms with Gasteiger partial charge in [0.15, 0.2) is 17.1 Å². The molecule has 1 N–H and O–H groups in total. The number of nitro groups is 1. The zero-order valence-corrected chi connectivity index (χ0v) is 21.1. The lowest BCUT2D eigenvalue weighted by molar-refractivity contribution is -0.385. The Bertz CT molecular complexity index is 1490. The van der Waals surface area contributed by atoms with E-state index in [1.54, 1.807) is 6.07 Å². The third kappa shape index (κ3) is 5.09. The predicted molar refractivity (Wildman–Crippen MR) is 140 cm³/mol. The monoisotopic (exact) mass is 534 g/mol. The molecule has 0 radical (unpaired) electrons. The summed E-state index contributed by atoms with van der Waals surface area (Å²) in [6.45, 7) is 7.37. The van der Waals surface area contributed by atoms with Crippen molar-refractivity contribution in [2.45, 2.75) is 18.8 Å². The lowest BCUT2D eigenvalue weighted by atomic mass is 9.91. The number of benzene rings is 2. The number of nitrogens with one attached hydrogen (secondary N) is 1. The third-order valence-electron chi connectivity index (χ3n) is 7.85. The zero-order chi connectivity index (χ0) is 27.1. The fraction of sp³-hybridized carbons (Fsp3) is 0.357. The SMILES string of the molecule is C=C1[C@H](CNC(=O)/C=C/c2cc3c(cc2[N+](=O)[O-])OCO3)[C@H]1CN1CCC(c2noc3cc(F)ccc23)CC1. The van der Waals surface area contributed by atoms with Crippen LogP contribution in [0.3, 0.4) is 0 Å². The van der Waals surface area contributed by atoms with Gasteiger partial charge in [0.2, 0.25) is 12.7 Å². The number of halogens is 1. The quantitative estimate of drug-likeness (QED) is 0.195. The summed E-state index contributed by atoms with van der Waals surface area (Å²) in [4.78, 5) is 25.7. The topological polar surface area (TPSA) is 120 Å². The number of hydrogen-bond donors (Lipinski definition) is 1. The molecule has 1 saturated carbocycles. The Labute approximate surface area is 223 Å². The molecule has 1 amide bonds. The Morgan fingerprint density at radius 2 is 1.97 bits per heavy atom. The van der Waals surface area contributed by atoms with Gasteiger partial charge in [-0.15, -0.1) is 0 Å². The third-order valence-corrected chi connectivity index (χ3v) is 7.85. The highest BCUT2D eigenvalue weighted by atomic mass is 19.1. The van der Waals surface area contributed by atoms with Crippen LogP contribution in [0, 0.1) is 27.8 Å². The molecule has 3 heterocycles.